The molecule has 4 rings (SSSR count). The maximum absolute atomic E-state index is 13.2. The molecule has 2 aliphatic rings. The third-order valence-corrected chi connectivity index (χ3v) is 6.67. The third kappa shape index (κ3) is 5.95. The van der Waals surface area contributed by atoms with Crippen LogP contribution in [0.25, 0.3) is 6.08 Å². The van der Waals surface area contributed by atoms with Crippen LogP contribution >= 0.6 is 0 Å². The van der Waals surface area contributed by atoms with E-state index in [2.05, 4.69) is 46.2 Å². The first kappa shape index (κ1) is 23.3. The molecular weight excluding hydrogens is 414 g/mol. The fourth-order valence-corrected chi connectivity index (χ4v) is 4.80. The van der Waals surface area contributed by atoms with Crippen LogP contribution in [-0.4, -0.2) is 80.6 Å². The van der Waals surface area contributed by atoms with Gasteiger partial charge in [-0.3, -0.25) is 14.6 Å². The van der Waals surface area contributed by atoms with Gasteiger partial charge in [-0.2, -0.15) is 0 Å². The number of amides is 1. The zero-order valence-electron chi connectivity index (χ0n) is 19.8. The van der Waals surface area contributed by atoms with Gasteiger partial charge < -0.3 is 14.4 Å². The minimum Gasteiger partial charge on any atom is -0.497 e. The van der Waals surface area contributed by atoms with Crippen molar-refractivity contribution in [1.82, 2.24) is 14.7 Å². The zero-order chi connectivity index (χ0) is 23.0. The second-order valence-electron chi connectivity index (χ2n) is 8.74. The molecule has 2 fully saturated rings. The zero-order valence-corrected chi connectivity index (χ0v) is 19.8. The largest absolute Gasteiger partial charge is 0.497 e. The Morgan fingerprint density at radius 3 is 2.45 bits per heavy atom. The molecule has 176 valence electrons. The van der Waals surface area contributed by atoms with Crippen LogP contribution in [0.1, 0.15) is 30.0 Å². The molecule has 2 heterocycles. The predicted octanol–water partition coefficient (Wildman–Crippen LogP) is 3.70. The van der Waals surface area contributed by atoms with E-state index in [1.807, 2.05) is 29.2 Å². The van der Waals surface area contributed by atoms with Crippen molar-refractivity contribution in [2.75, 3.05) is 60.0 Å². The molecule has 1 amide bonds. The van der Waals surface area contributed by atoms with Gasteiger partial charge in [0.25, 0.3) is 0 Å². The van der Waals surface area contributed by atoms with Crippen LogP contribution in [-0.2, 0) is 4.79 Å². The molecule has 6 heteroatoms. The lowest BCUT2D eigenvalue weighted by molar-refractivity contribution is -0.133. The molecule has 0 N–H and O–H groups in total. The number of methoxy groups -OCH3 is 2. The Balaban J connectivity index is 1.29. The minimum atomic E-state index is 0.0481. The van der Waals surface area contributed by atoms with Crippen molar-refractivity contribution in [3.63, 3.8) is 0 Å². The smallest absolute Gasteiger partial charge is 0.237 e. The first-order valence-corrected chi connectivity index (χ1v) is 11.9. The molecule has 33 heavy (non-hydrogen) atoms. The van der Waals surface area contributed by atoms with Gasteiger partial charge in [0.2, 0.25) is 5.91 Å². The van der Waals surface area contributed by atoms with E-state index in [-0.39, 0.29) is 11.9 Å². The Kier molecular flexibility index (Phi) is 8.02. The molecule has 1 atom stereocenters. The first-order valence-electron chi connectivity index (χ1n) is 11.9. The summed E-state index contributed by atoms with van der Waals surface area (Å²) in [5.74, 6) is 1.82. The molecule has 0 aliphatic carbocycles. The summed E-state index contributed by atoms with van der Waals surface area (Å²) in [5, 5.41) is 0. The molecule has 0 aromatic heterocycles. The van der Waals surface area contributed by atoms with E-state index >= 15 is 0 Å². The molecule has 2 aromatic rings. The number of ether oxygens (including phenoxy) is 2. The first-order chi connectivity index (χ1) is 16.2. The van der Waals surface area contributed by atoms with Gasteiger partial charge in [0, 0.05) is 44.8 Å². The van der Waals surface area contributed by atoms with E-state index < -0.39 is 0 Å². The maximum Gasteiger partial charge on any atom is 0.237 e. The van der Waals surface area contributed by atoms with Gasteiger partial charge in [0.1, 0.15) is 11.5 Å². The van der Waals surface area contributed by atoms with E-state index in [1.165, 1.54) is 5.56 Å². The summed E-state index contributed by atoms with van der Waals surface area (Å²) in [6.45, 7) is 6.04. The van der Waals surface area contributed by atoms with Crippen molar-refractivity contribution in [2.24, 2.45) is 0 Å². The minimum absolute atomic E-state index is 0.0481. The number of piperazine rings is 1. The second kappa shape index (κ2) is 11.3. The highest BCUT2D eigenvalue weighted by Gasteiger charge is 2.33. The summed E-state index contributed by atoms with van der Waals surface area (Å²) in [6.07, 6.45) is 6.37. The van der Waals surface area contributed by atoms with Gasteiger partial charge in [0.15, 0.2) is 0 Å². The molecule has 2 aromatic carbocycles. The predicted molar refractivity (Wildman–Crippen MR) is 132 cm³/mol. The Morgan fingerprint density at radius 2 is 1.73 bits per heavy atom. The lowest BCUT2D eigenvalue weighted by Gasteiger charge is -2.35. The van der Waals surface area contributed by atoms with Gasteiger partial charge in [-0.15, -0.1) is 0 Å². The molecule has 0 spiro atoms. The molecule has 2 saturated heterocycles. The highest BCUT2D eigenvalue weighted by Crippen LogP contribution is 2.39. The fraction of sp³-hybridized carbons (Fsp3) is 0.444. The van der Waals surface area contributed by atoms with Crippen LogP contribution in [0.15, 0.2) is 54.6 Å². The van der Waals surface area contributed by atoms with E-state index in [4.69, 9.17) is 9.47 Å². The Labute approximate surface area is 197 Å². The average molecular weight is 450 g/mol. The van der Waals surface area contributed by atoms with Crippen LogP contribution in [0.4, 0.5) is 0 Å². The number of benzene rings is 2. The van der Waals surface area contributed by atoms with Gasteiger partial charge in [-0.25, -0.2) is 0 Å². The maximum atomic E-state index is 13.2. The molecule has 6 nitrogen and oxygen atoms in total. The fourth-order valence-electron chi connectivity index (χ4n) is 4.80. The highest BCUT2D eigenvalue weighted by atomic mass is 16.5. The van der Waals surface area contributed by atoms with E-state index in [0.29, 0.717) is 6.54 Å². The summed E-state index contributed by atoms with van der Waals surface area (Å²) in [5.41, 5.74) is 2.27. The van der Waals surface area contributed by atoms with Crippen LogP contribution < -0.4 is 9.47 Å². The van der Waals surface area contributed by atoms with Crippen LogP contribution in [0.2, 0.25) is 0 Å². The number of likely N-dealkylation sites (tertiary alicyclic amines) is 1. The van der Waals surface area contributed by atoms with Gasteiger partial charge in [-0.1, -0.05) is 42.5 Å². The summed E-state index contributed by atoms with van der Waals surface area (Å²) >= 11 is 0. The lowest BCUT2D eigenvalue weighted by atomic mass is 10.0. The standard InChI is InChI=1S/C27H35N3O3/c1-32-23-12-13-26(33-2)24(20-23)25-11-7-15-30(25)27(31)21-29-18-16-28(17-19-29)14-6-10-22-8-4-3-5-9-22/h3-6,8-10,12-13,20,25H,7,11,14-19,21H2,1-2H3. The summed E-state index contributed by atoms with van der Waals surface area (Å²) < 4.78 is 11.0. The Bertz CT molecular complexity index is 939. The number of hydrogen-bond donors (Lipinski definition) is 0. The molecule has 2 aliphatic heterocycles. The molecular formula is C27H35N3O3. The number of nitrogens with zero attached hydrogens (tertiary/aromatic N) is 3. The van der Waals surface area contributed by atoms with Gasteiger partial charge >= 0.3 is 0 Å². The molecule has 1 unspecified atom stereocenters. The highest BCUT2D eigenvalue weighted by molar-refractivity contribution is 5.79. The quantitative estimate of drug-likeness (QED) is 0.615. The van der Waals surface area contributed by atoms with Gasteiger partial charge in [0.05, 0.1) is 26.8 Å². The van der Waals surface area contributed by atoms with Crippen LogP contribution in [0.3, 0.4) is 0 Å². The normalized spacial score (nSPS) is 19.8. The Hall–Kier alpha value is -2.83. The summed E-state index contributed by atoms with van der Waals surface area (Å²) in [6, 6.07) is 16.3. The topological polar surface area (TPSA) is 45.3 Å². The van der Waals surface area contributed by atoms with Crippen molar-refractivity contribution >= 4 is 12.0 Å². The SMILES string of the molecule is COc1ccc(OC)c(C2CCCN2C(=O)CN2CCN(CC=Cc3ccccc3)CC2)c1. The summed E-state index contributed by atoms with van der Waals surface area (Å²) in [7, 11) is 3.35. The van der Waals surface area contributed by atoms with Crippen LogP contribution in [0, 0.1) is 0 Å². The van der Waals surface area contributed by atoms with E-state index in [0.717, 1.165) is 69.2 Å². The van der Waals surface area contributed by atoms with Crippen molar-refractivity contribution in [3.05, 3.63) is 65.7 Å². The lowest BCUT2D eigenvalue weighted by Crippen LogP contribution is -2.49. The van der Waals surface area contributed by atoms with Crippen LogP contribution in [0.5, 0.6) is 11.5 Å². The molecule has 0 saturated carbocycles. The molecule has 0 bridgehead atoms. The Morgan fingerprint density at radius 1 is 0.970 bits per heavy atom. The number of carbonyl (C=O) groups excluding carboxylic acids is 1. The van der Waals surface area contributed by atoms with Crippen molar-refractivity contribution < 1.29 is 14.3 Å². The monoisotopic (exact) mass is 449 g/mol. The van der Waals surface area contributed by atoms with E-state index in [9.17, 15) is 4.79 Å². The number of carbonyl (C=O) groups is 1. The van der Waals surface area contributed by atoms with Gasteiger partial charge in [-0.05, 0) is 36.6 Å². The van der Waals surface area contributed by atoms with Crippen molar-refractivity contribution in [1.29, 1.82) is 0 Å². The number of rotatable bonds is 8. The third-order valence-electron chi connectivity index (χ3n) is 6.67. The van der Waals surface area contributed by atoms with Crippen molar-refractivity contribution in [3.8, 4) is 11.5 Å². The summed E-state index contributed by atoms with van der Waals surface area (Å²) in [4.78, 5) is 20.0. The molecule has 0 radical (unpaired) electrons. The second-order valence-corrected chi connectivity index (χ2v) is 8.74. The van der Waals surface area contributed by atoms with E-state index in [1.54, 1.807) is 14.2 Å². The average Bonchev–Trinajstić information content (AvgIpc) is 3.35. The number of hydrogen-bond acceptors (Lipinski definition) is 5. The van der Waals surface area contributed by atoms with Crippen molar-refractivity contribution in [2.45, 2.75) is 18.9 Å².